The molecule has 6 heteroatoms. The summed E-state index contributed by atoms with van der Waals surface area (Å²) in [5.74, 6) is 1.17. The number of aromatic nitrogens is 1. The predicted octanol–water partition coefficient (Wildman–Crippen LogP) is 2.50. The number of halogens is 1. The Morgan fingerprint density at radius 1 is 1.30 bits per heavy atom. The van der Waals surface area contributed by atoms with E-state index in [-0.39, 0.29) is 12.7 Å². The molecule has 102 valence electrons. The number of nitrogens with zero attached hydrogens (tertiary/aromatic N) is 1. The Balaban J connectivity index is 1.69. The van der Waals surface area contributed by atoms with Gasteiger partial charge in [-0.25, -0.2) is 4.98 Å². The van der Waals surface area contributed by atoms with E-state index in [0.29, 0.717) is 23.7 Å². The van der Waals surface area contributed by atoms with Crippen molar-refractivity contribution in [2.75, 3.05) is 6.79 Å². The maximum Gasteiger partial charge on any atom is 0.270 e. The molecule has 5 nitrogen and oxygen atoms in total. The van der Waals surface area contributed by atoms with Gasteiger partial charge in [-0.2, -0.15) is 0 Å². The first-order chi connectivity index (χ1) is 9.74. The van der Waals surface area contributed by atoms with Crippen molar-refractivity contribution < 1.29 is 14.3 Å². The topological polar surface area (TPSA) is 60.5 Å². The quantitative estimate of drug-likeness (QED) is 0.936. The van der Waals surface area contributed by atoms with Crippen molar-refractivity contribution in [3.8, 4) is 11.5 Å². The third-order valence-corrected chi connectivity index (χ3v) is 3.35. The fourth-order valence-electron chi connectivity index (χ4n) is 1.91. The van der Waals surface area contributed by atoms with Crippen LogP contribution >= 0.6 is 15.9 Å². The highest BCUT2D eigenvalue weighted by molar-refractivity contribution is 9.10. The van der Waals surface area contributed by atoms with Gasteiger partial charge in [0.1, 0.15) is 5.69 Å². The van der Waals surface area contributed by atoms with Gasteiger partial charge in [0, 0.05) is 22.8 Å². The van der Waals surface area contributed by atoms with E-state index in [0.717, 1.165) is 10.0 Å². The Morgan fingerprint density at radius 3 is 3.00 bits per heavy atom. The van der Waals surface area contributed by atoms with E-state index in [1.807, 2.05) is 18.2 Å². The predicted molar refractivity (Wildman–Crippen MR) is 75.7 cm³/mol. The number of fused-ring (bicyclic) bond motifs is 1. The Labute approximate surface area is 124 Å². The minimum atomic E-state index is -0.228. The molecule has 0 aliphatic carbocycles. The summed E-state index contributed by atoms with van der Waals surface area (Å²) in [6, 6.07) is 9.03. The van der Waals surface area contributed by atoms with Crippen LogP contribution in [0.5, 0.6) is 11.5 Å². The van der Waals surface area contributed by atoms with Gasteiger partial charge < -0.3 is 14.8 Å². The lowest BCUT2D eigenvalue weighted by molar-refractivity contribution is 0.0945. The largest absolute Gasteiger partial charge is 0.454 e. The third-order valence-electron chi connectivity index (χ3n) is 2.88. The molecule has 1 aromatic heterocycles. The molecule has 0 fully saturated rings. The van der Waals surface area contributed by atoms with Crippen LogP contribution < -0.4 is 14.8 Å². The second-order valence-corrected chi connectivity index (χ2v) is 5.11. The van der Waals surface area contributed by atoms with E-state index in [9.17, 15) is 4.79 Å². The Bertz CT molecular complexity index is 643. The SMILES string of the molecule is O=C(NCc1cccc2c1OCO2)c1ccc(Br)cn1. The van der Waals surface area contributed by atoms with Gasteiger partial charge in [0.15, 0.2) is 11.5 Å². The number of rotatable bonds is 3. The van der Waals surface area contributed by atoms with E-state index in [1.165, 1.54) is 0 Å². The molecule has 0 saturated carbocycles. The normalized spacial score (nSPS) is 12.2. The van der Waals surface area contributed by atoms with Gasteiger partial charge in [-0.1, -0.05) is 12.1 Å². The van der Waals surface area contributed by atoms with Gasteiger partial charge in [0.25, 0.3) is 5.91 Å². The number of amides is 1. The van der Waals surface area contributed by atoms with Crippen LogP contribution in [0.1, 0.15) is 16.1 Å². The number of pyridine rings is 1. The summed E-state index contributed by atoms with van der Waals surface area (Å²) in [6.45, 7) is 0.581. The zero-order chi connectivity index (χ0) is 13.9. The monoisotopic (exact) mass is 334 g/mol. The van der Waals surface area contributed by atoms with Gasteiger partial charge >= 0.3 is 0 Å². The number of benzene rings is 1. The van der Waals surface area contributed by atoms with Gasteiger partial charge in [-0.3, -0.25) is 4.79 Å². The molecule has 1 aliphatic rings. The lowest BCUT2D eigenvalue weighted by atomic mass is 10.2. The van der Waals surface area contributed by atoms with Gasteiger partial charge in [0.05, 0.1) is 0 Å². The van der Waals surface area contributed by atoms with Gasteiger partial charge in [0.2, 0.25) is 6.79 Å². The maximum absolute atomic E-state index is 12.0. The highest BCUT2D eigenvalue weighted by Gasteiger charge is 2.17. The van der Waals surface area contributed by atoms with Crippen LogP contribution in [0, 0.1) is 0 Å². The summed E-state index contributed by atoms with van der Waals surface area (Å²) in [5.41, 5.74) is 1.25. The average molecular weight is 335 g/mol. The van der Waals surface area contributed by atoms with E-state index in [2.05, 4.69) is 26.2 Å². The van der Waals surface area contributed by atoms with E-state index in [1.54, 1.807) is 18.3 Å². The first kappa shape index (κ1) is 12.9. The Kier molecular flexibility index (Phi) is 3.56. The number of para-hydroxylation sites is 1. The van der Waals surface area contributed by atoms with Crippen molar-refractivity contribution in [3.63, 3.8) is 0 Å². The lowest BCUT2D eigenvalue weighted by Gasteiger charge is -2.07. The number of hydrogen-bond donors (Lipinski definition) is 1. The molecule has 0 saturated heterocycles. The zero-order valence-corrected chi connectivity index (χ0v) is 12.0. The molecule has 1 amide bonds. The van der Waals surface area contributed by atoms with E-state index in [4.69, 9.17) is 9.47 Å². The third kappa shape index (κ3) is 2.60. The van der Waals surface area contributed by atoms with Crippen LogP contribution in [0.25, 0.3) is 0 Å². The van der Waals surface area contributed by atoms with Crippen LogP contribution in [-0.4, -0.2) is 17.7 Å². The zero-order valence-electron chi connectivity index (χ0n) is 10.4. The number of ether oxygens (including phenoxy) is 2. The minimum absolute atomic E-state index is 0.217. The Morgan fingerprint density at radius 2 is 2.20 bits per heavy atom. The van der Waals surface area contributed by atoms with Crippen LogP contribution in [0.2, 0.25) is 0 Å². The van der Waals surface area contributed by atoms with Crippen molar-refractivity contribution in [1.82, 2.24) is 10.3 Å². The highest BCUT2D eigenvalue weighted by Crippen LogP contribution is 2.35. The number of nitrogens with one attached hydrogen (secondary N) is 1. The van der Waals surface area contributed by atoms with E-state index >= 15 is 0 Å². The molecule has 0 radical (unpaired) electrons. The molecular weight excluding hydrogens is 324 g/mol. The lowest BCUT2D eigenvalue weighted by Crippen LogP contribution is -2.23. The van der Waals surface area contributed by atoms with Crippen LogP contribution in [0.4, 0.5) is 0 Å². The van der Waals surface area contributed by atoms with Gasteiger partial charge in [-0.05, 0) is 34.1 Å². The summed E-state index contributed by atoms with van der Waals surface area (Å²) in [5, 5.41) is 2.81. The number of carbonyl (C=O) groups excluding carboxylic acids is 1. The maximum atomic E-state index is 12.0. The average Bonchev–Trinajstić information content (AvgIpc) is 2.94. The molecular formula is C14H11BrN2O3. The molecule has 3 rings (SSSR count). The van der Waals surface area contributed by atoms with Gasteiger partial charge in [-0.15, -0.1) is 0 Å². The number of carbonyl (C=O) groups is 1. The standard InChI is InChI=1S/C14H11BrN2O3/c15-10-4-5-11(16-7-10)14(18)17-6-9-2-1-3-12-13(9)20-8-19-12/h1-5,7H,6,8H2,(H,17,18). The van der Waals surface area contributed by atoms with Crippen molar-refractivity contribution in [2.24, 2.45) is 0 Å². The first-order valence-electron chi connectivity index (χ1n) is 6.01. The summed E-state index contributed by atoms with van der Waals surface area (Å²) in [7, 11) is 0. The fourth-order valence-corrected chi connectivity index (χ4v) is 2.14. The molecule has 2 heterocycles. The molecule has 1 N–H and O–H groups in total. The van der Waals surface area contributed by atoms with Crippen LogP contribution in [0.3, 0.4) is 0 Å². The first-order valence-corrected chi connectivity index (χ1v) is 6.80. The molecule has 1 aliphatic heterocycles. The summed E-state index contributed by atoms with van der Waals surface area (Å²) in [6.07, 6.45) is 1.59. The summed E-state index contributed by atoms with van der Waals surface area (Å²) >= 11 is 3.28. The van der Waals surface area contributed by atoms with Crippen LogP contribution in [-0.2, 0) is 6.54 Å². The Hall–Kier alpha value is -2.08. The molecule has 20 heavy (non-hydrogen) atoms. The van der Waals surface area contributed by atoms with Crippen molar-refractivity contribution >= 4 is 21.8 Å². The van der Waals surface area contributed by atoms with Crippen LogP contribution in [0.15, 0.2) is 41.0 Å². The van der Waals surface area contributed by atoms with E-state index < -0.39 is 0 Å². The minimum Gasteiger partial charge on any atom is -0.454 e. The molecule has 0 atom stereocenters. The fraction of sp³-hybridized carbons (Fsp3) is 0.143. The highest BCUT2D eigenvalue weighted by atomic mass is 79.9. The van der Waals surface area contributed by atoms with Crippen molar-refractivity contribution in [3.05, 3.63) is 52.3 Å². The second kappa shape index (κ2) is 5.50. The summed E-state index contributed by atoms with van der Waals surface area (Å²) in [4.78, 5) is 16.0. The molecule has 0 bridgehead atoms. The smallest absolute Gasteiger partial charge is 0.270 e. The number of hydrogen-bond acceptors (Lipinski definition) is 4. The second-order valence-electron chi connectivity index (χ2n) is 4.20. The molecule has 0 spiro atoms. The molecule has 0 unspecified atom stereocenters. The molecule has 1 aromatic carbocycles. The molecule has 2 aromatic rings. The van der Waals surface area contributed by atoms with Crippen molar-refractivity contribution in [2.45, 2.75) is 6.54 Å². The summed E-state index contributed by atoms with van der Waals surface area (Å²) < 4.78 is 11.5. The van der Waals surface area contributed by atoms with Crippen molar-refractivity contribution in [1.29, 1.82) is 0 Å².